The Hall–Kier alpha value is -1.61. The van der Waals surface area contributed by atoms with Crippen molar-refractivity contribution in [3.63, 3.8) is 0 Å². The van der Waals surface area contributed by atoms with Crippen LogP contribution in [-0.4, -0.2) is 17.3 Å². The molecule has 84 valence electrons. The molecule has 0 saturated carbocycles. The number of benzene rings is 1. The van der Waals surface area contributed by atoms with E-state index >= 15 is 0 Å². The molecule has 0 aliphatic carbocycles. The van der Waals surface area contributed by atoms with Gasteiger partial charge in [-0.15, -0.1) is 0 Å². The van der Waals surface area contributed by atoms with E-state index in [2.05, 4.69) is 18.8 Å². The number of aromatic amines is 1. The molecule has 0 spiro atoms. The predicted molar refractivity (Wildman–Crippen MR) is 65.8 cm³/mol. The Morgan fingerprint density at radius 3 is 2.81 bits per heavy atom. The zero-order valence-electron chi connectivity index (χ0n) is 9.63. The minimum Gasteiger partial charge on any atom is -0.360 e. The lowest BCUT2D eigenvalue weighted by atomic mass is 10.0. The number of Topliss-reactive ketones (excluding diaryl/α,β-unsaturated/α-hetero) is 1. The minimum absolute atomic E-state index is 0.108. The highest BCUT2D eigenvalue weighted by atomic mass is 16.1. The van der Waals surface area contributed by atoms with Gasteiger partial charge in [0, 0.05) is 29.1 Å². The molecule has 0 amide bonds. The smallest absolute Gasteiger partial charge is 0.166 e. The van der Waals surface area contributed by atoms with Crippen LogP contribution in [0.25, 0.3) is 10.9 Å². The van der Waals surface area contributed by atoms with Gasteiger partial charge in [0.2, 0.25) is 0 Å². The van der Waals surface area contributed by atoms with Crippen molar-refractivity contribution in [2.24, 2.45) is 5.73 Å². The average molecular weight is 216 g/mol. The maximum atomic E-state index is 11.8. The second-order valence-corrected chi connectivity index (χ2v) is 4.09. The number of carbonyl (C=O) groups excluding carboxylic acids is 1. The van der Waals surface area contributed by atoms with Crippen LogP contribution in [0, 0.1) is 13.8 Å². The third-order valence-electron chi connectivity index (χ3n) is 3.06. The normalized spacial score (nSPS) is 10.9. The van der Waals surface area contributed by atoms with Gasteiger partial charge in [0.15, 0.2) is 5.78 Å². The molecule has 1 aromatic heterocycles. The van der Waals surface area contributed by atoms with E-state index in [4.69, 9.17) is 5.73 Å². The van der Waals surface area contributed by atoms with E-state index in [1.807, 2.05) is 12.1 Å². The Morgan fingerprint density at radius 1 is 1.38 bits per heavy atom. The van der Waals surface area contributed by atoms with Gasteiger partial charge in [0.05, 0.1) is 0 Å². The van der Waals surface area contributed by atoms with Crippen LogP contribution in [-0.2, 0) is 0 Å². The Labute approximate surface area is 94.6 Å². The zero-order valence-corrected chi connectivity index (χ0v) is 9.63. The molecule has 1 aromatic carbocycles. The third-order valence-corrected chi connectivity index (χ3v) is 3.06. The summed E-state index contributed by atoms with van der Waals surface area (Å²) in [5, 5.41) is 1.00. The average Bonchev–Trinajstić information content (AvgIpc) is 2.68. The van der Waals surface area contributed by atoms with E-state index in [1.165, 1.54) is 11.1 Å². The highest BCUT2D eigenvalue weighted by Crippen LogP contribution is 2.24. The fourth-order valence-electron chi connectivity index (χ4n) is 1.94. The number of aromatic nitrogens is 1. The molecule has 16 heavy (non-hydrogen) atoms. The van der Waals surface area contributed by atoms with Crippen LogP contribution in [0.1, 0.15) is 27.9 Å². The van der Waals surface area contributed by atoms with E-state index in [9.17, 15) is 4.79 Å². The van der Waals surface area contributed by atoms with E-state index in [0.29, 0.717) is 13.0 Å². The fourth-order valence-corrected chi connectivity index (χ4v) is 1.94. The molecule has 3 heteroatoms. The Balaban J connectivity index is 2.58. The lowest BCUT2D eigenvalue weighted by Gasteiger charge is -2.02. The molecule has 2 aromatic rings. The molecular weight excluding hydrogens is 200 g/mol. The summed E-state index contributed by atoms with van der Waals surface area (Å²) in [6.45, 7) is 4.53. The molecule has 1 heterocycles. The number of H-pyrrole nitrogens is 1. The largest absolute Gasteiger partial charge is 0.360 e. The van der Waals surface area contributed by atoms with Crippen molar-refractivity contribution in [3.8, 4) is 0 Å². The van der Waals surface area contributed by atoms with Crippen molar-refractivity contribution in [1.29, 1.82) is 0 Å². The number of carbonyl (C=O) groups is 1. The van der Waals surface area contributed by atoms with Gasteiger partial charge >= 0.3 is 0 Å². The summed E-state index contributed by atoms with van der Waals surface area (Å²) < 4.78 is 0. The van der Waals surface area contributed by atoms with Crippen LogP contribution in [0.15, 0.2) is 18.3 Å². The van der Waals surface area contributed by atoms with Gasteiger partial charge in [0.25, 0.3) is 0 Å². The Morgan fingerprint density at radius 2 is 2.12 bits per heavy atom. The van der Waals surface area contributed by atoms with Crippen LogP contribution in [0.2, 0.25) is 0 Å². The standard InChI is InChI=1S/C13H16N2O/c1-8-3-4-10-11(12(16)5-6-14)7-15-13(10)9(8)2/h3-4,7,15H,5-6,14H2,1-2H3. The number of hydrogen-bond acceptors (Lipinski definition) is 2. The highest BCUT2D eigenvalue weighted by Gasteiger charge is 2.12. The van der Waals surface area contributed by atoms with Crippen LogP contribution < -0.4 is 5.73 Å². The SMILES string of the molecule is Cc1ccc2c(C(=O)CCN)c[nH]c2c1C. The van der Waals surface area contributed by atoms with Crippen LogP contribution in [0.5, 0.6) is 0 Å². The zero-order chi connectivity index (χ0) is 11.7. The molecular formula is C13H16N2O. The third kappa shape index (κ3) is 1.63. The number of aryl methyl sites for hydroxylation is 2. The second-order valence-electron chi connectivity index (χ2n) is 4.09. The molecule has 0 saturated heterocycles. The summed E-state index contributed by atoms with van der Waals surface area (Å²) >= 11 is 0. The van der Waals surface area contributed by atoms with E-state index in [-0.39, 0.29) is 5.78 Å². The van der Waals surface area contributed by atoms with Gasteiger partial charge in [-0.05, 0) is 31.5 Å². The van der Waals surface area contributed by atoms with E-state index < -0.39 is 0 Å². The highest BCUT2D eigenvalue weighted by molar-refractivity contribution is 6.08. The summed E-state index contributed by atoms with van der Waals surface area (Å²) in [7, 11) is 0. The molecule has 0 atom stereocenters. The number of fused-ring (bicyclic) bond motifs is 1. The van der Waals surface area contributed by atoms with Gasteiger partial charge < -0.3 is 10.7 Å². The Kier molecular flexibility index (Phi) is 2.79. The van der Waals surface area contributed by atoms with Crippen LogP contribution in [0.4, 0.5) is 0 Å². The fraction of sp³-hybridized carbons (Fsp3) is 0.308. The molecule has 0 radical (unpaired) electrons. The lowest BCUT2D eigenvalue weighted by Crippen LogP contribution is -2.07. The first-order valence-corrected chi connectivity index (χ1v) is 5.45. The molecule has 2 rings (SSSR count). The molecule has 3 N–H and O–H groups in total. The maximum absolute atomic E-state index is 11.8. The maximum Gasteiger partial charge on any atom is 0.166 e. The molecule has 0 fully saturated rings. The van der Waals surface area contributed by atoms with E-state index in [0.717, 1.165) is 16.5 Å². The molecule has 0 bridgehead atoms. The van der Waals surface area contributed by atoms with Crippen LogP contribution in [0.3, 0.4) is 0 Å². The first-order chi connectivity index (χ1) is 7.65. The Bertz CT molecular complexity index is 540. The van der Waals surface area contributed by atoms with Gasteiger partial charge in [0.1, 0.15) is 0 Å². The lowest BCUT2D eigenvalue weighted by molar-refractivity contribution is 0.0987. The van der Waals surface area contributed by atoms with Crippen molar-refractivity contribution in [2.45, 2.75) is 20.3 Å². The number of rotatable bonds is 3. The number of ketones is 1. The molecule has 0 unspecified atom stereocenters. The summed E-state index contributed by atoms with van der Waals surface area (Å²) in [6.07, 6.45) is 2.19. The van der Waals surface area contributed by atoms with Crippen molar-refractivity contribution >= 4 is 16.7 Å². The molecule has 3 nitrogen and oxygen atoms in total. The predicted octanol–water partition coefficient (Wildman–Crippen LogP) is 2.32. The van der Waals surface area contributed by atoms with Gasteiger partial charge in [-0.2, -0.15) is 0 Å². The van der Waals surface area contributed by atoms with Gasteiger partial charge in [-0.25, -0.2) is 0 Å². The minimum atomic E-state index is 0.108. The summed E-state index contributed by atoms with van der Waals surface area (Å²) in [6, 6.07) is 4.04. The van der Waals surface area contributed by atoms with Crippen molar-refractivity contribution in [3.05, 3.63) is 35.0 Å². The van der Waals surface area contributed by atoms with Gasteiger partial charge in [-0.3, -0.25) is 4.79 Å². The molecule has 0 aliphatic heterocycles. The van der Waals surface area contributed by atoms with Crippen molar-refractivity contribution in [2.75, 3.05) is 6.54 Å². The van der Waals surface area contributed by atoms with Crippen molar-refractivity contribution in [1.82, 2.24) is 4.98 Å². The van der Waals surface area contributed by atoms with E-state index in [1.54, 1.807) is 6.20 Å². The number of nitrogens with one attached hydrogen (secondary N) is 1. The summed E-state index contributed by atoms with van der Waals surface area (Å²) in [5.41, 5.74) is 9.64. The van der Waals surface area contributed by atoms with Gasteiger partial charge in [-0.1, -0.05) is 12.1 Å². The summed E-state index contributed by atoms with van der Waals surface area (Å²) in [5.74, 6) is 0.108. The number of nitrogens with two attached hydrogens (primary N) is 1. The summed E-state index contributed by atoms with van der Waals surface area (Å²) in [4.78, 5) is 15.0. The van der Waals surface area contributed by atoms with Crippen molar-refractivity contribution < 1.29 is 4.79 Å². The first-order valence-electron chi connectivity index (χ1n) is 5.45. The number of hydrogen-bond donors (Lipinski definition) is 2. The van der Waals surface area contributed by atoms with Crippen LogP contribution >= 0.6 is 0 Å². The topological polar surface area (TPSA) is 58.9 Å². The first kappa shape index (κ1) is 10.9. The molecule has 0 aliphatic rings. The monoisotopic (exact) mass is 216 g/mol. The second kappa shape index (κ2) is 4.10. The quantitative estimate of drug-likeness (QED) is 0.773.